The van der Waals surface area contributed by atoms with Crippen LogP contribution in [0.25, 0.3) is 22.3 Å². The number of nitrogens with zero attached hydrogens (tertiary/aromatic N) is 3. The summed E-state index contributed by atoms with van der Waals surface area (Å²) in [5, 5.41) is 2.97. The first-order valence-electron chi connectivity index (χ1n) is 9.75. The van der Waals surface area contributed by atoms with Crippen LogP contribution in [0.4, 0.5) is 5.82 Å². The molecule has 2 aromatic heterocycles. The number of rotatable bonds is 6. The van der Waals surface area contributed by atoms with Crippen molar-refractivity contribution in [2.75, 3.05) is 25.0 Å². The fourth-order valence-electron chi connectivity index (χ4n) is 3.96. The molecule has 1 aromatic carbocycles. The van der Waals surface area contributed by atoms with E-state index in [0.717, 1.165) is 45.9 Å². The van der Waals surface area contributed by atoms with Crippen LogP contribution in [0.15, 0.2) is 49.6 Å². The zero-order valence-electron chi connectivity index (χ0n) is 16.8. The van der Waals surface area contributed by atoms with Crippen molar-refractivity contribution in [3.05, 3.63) is 66.5 Å². The van der Waals surface area contributed by atoms with Gasteiger partial charge in [0, 0.05) is 43.0 Å². The van der Waals surface area contributed by atoms with E-state index in [0.29, 0.717) is 18.7 Å². The van der Waals surface area contributed by atoms with Gasteiger partial charge in [-0.1, -0.05) is 24.3 Å². The van der Waals surface area contributed by atoms with E-state index >= 15 is 0 Å². The number of nitrogens with one attached hydrogen (secondary N) is 2. The number of para-hydroxylation sites is 1. The molecule has 0 bridgehead atoms. The van der Waals surface area contributed by atoms with Gasteiger partial charge < -0.3 is 15.2 Å². The molecule has 1 atom stereocenters. The number of fused-ring (bicyclic) bond motifs is 2. The number of aromatic amines is 1. The molecule has 0 spiro atoms. The highest BCUT2D eigenvalue weighted by Gasteiger charge is 2.27. The average Bonchev–Trinajstić information content (AvgIpc) is 3.15. The summed E-state index contributed by atoms with van der Waals surface area (Å²) in [7, 11) is 1.98. The fraction of sp³-hybridized carbons (Fsp3) is 0.261. The Kier molecular flexibility index (Phi) is 4.92. The van der Waals surface area contributed by atoms with Crippen LogP contribution in [-0.2, 0) is 0 Å². The van der Waals surface area contributed by atoms with Gasteiger partial charge in [-0.25, -0.2) is 9.97 Å². The predicted octanol–water partition coefficient (Wildman–Crippen LogP) is 3.96. The van der Waals surface area contributed by atoms with Gasteiger partial charge in [0.05, 0.1) is 16.8 Å². The summed E-state index contributed by atoms with van der Waals surface area (Å²) in [4.78, 5) is 27.6. The van der Waals surface area contributed by atoms with Crippen molar-refractivity contribution >= 4 is 22.8 Å². The first-order valence-corrected chi connectivity index (χ1v) is 9.75. The number of likely N-dealkylation sites (N-methyl/N-ethyl adjacent to an activating group) is 1. The van der Waals surface area contributed by atoms with E-state index < -0.39 is 0 Å². The largest absolute Gasteiger partial charge is 0.357 e. The lowest BCUT2D eigenvalue weighted by Gasteiger charge is -2.21. The first-order chi connectivity index (χ1) is 14.0. The smallest absolute Gasteiger partial charge is 0.253 e. The maximum atomic E-state index is 12.4. The van der Waals surface area contributed by atoms with Gasteiger partial charge in [0.25, 0.3) is 5.91 Å². The minimum atomic E-state index is -0.0450. The topological polar surface area (TPSA) is 73.9 Å². The normalized spacial score (nSPS) is 15.7. The molecule has 3 aromatic rings. The molecule has 0 radical (unpaired) electrons. The van der Waals surface area contributed by atoms with Crippen LogP contribution in [0.5, 0.6) is 0 Å². The van der Waals surface area contributed by atoms with Gasteiger partial charge in [-0.05, 0) is 25.5 Å². The number of H-pyrrole nitrogens is 1. The van der Waals surface area contributed by atoms with Crippen molar-refractivity contribution in [3.63, 3.8) is 0 Å². The maximum Gasteiger partial charge on any atom is 0.253 e. The maximum absolute atomic E-state index is 12.4. The van der Waals surface area contributed by atoms with Gasteiger partial charge in [-0.2, -0.15) is 0 Å². The molecule has 3 heterocycles. The Balaban J connectivity index is 1.87. The molecule has 0 unspecified atom stereocenters. The van der Waals surface area contributed by atoms with E-state index in [2.05, 4.69) is 23.5 Å². The van der Waals surface area contributed by atoms with Crippen LogP contribution in [0.1, 0.15) is 34.1 Å². The Morgan fingerprint density at radius 2 is 2.07 bits per heavy atom. The molecular weight excluding hydrogens is 362 g/mol. The SMILES string of the molecule is C=CC[C@H]1CNC(=O)c2cc(-c3cccc4nc(C)c(N(C)CC=C)nc34)[nH]c21. The summed E-state index contributed by atoms with van der Waals surface area (Å²) < 4.78 is 0. The highest BCUT2D eigenvalue weighted by atomic mass is 16.1. The van der Waals surface area contributed by atoms with Crippen LogP contribution in [0.2, 0.25) is 0 Å². The van der Waals surface area contributed by atoms with Gasteiger partial charge in [0.2, 0.25) is 0 Å². The molecule has 29 heavy (non-hydrogen) atoms. The zero-order chi connectivity index (χ0) is 20.5. The van der Waals surface area contributed by atoms with Crippen LogP contribution < -0.4 is 10.2 Å². The first kappa shape index (κ1) is 18.9. The van der Waals surface area contributed by atoms with E-state index in [1.807, 2.05) is 55.3 Å². The summed E-state index contributed by atoms with van der Waals surface area (Å²) in [6, 6.07) is 7.87. The van der Waals surface area contributed by atoms with Crippen molar-refractivity contribution in [3.8, 4) is 11.3 Å². The number of carbonyl (C=O) groups is 1. The summed E-state index contributed by atoms with van der Waals surface area (Å²) >= 11 is 0. The van der Waals surface area contributed by atoms with Gasteiger partial charge in [0.15, 0.2) is 5.82 Å². The molecule has 6 nitrogen and oxygen atoms in total. The summed E-state index contributed by atoms with van der Waals surface area (Å²) in [5.41, 5.74) is 5.97. The quantitative estimate of drug-likeness (QED) is 0.628. The molecule has 2 N–H and O–H groups in total. The molecular formula is C23H25N5O. The second-order valence-electron chi connectivity index (χ2n) is 7.42. The lowest BCUT2D eigenvalue weighted by atomic mass is 9.94. The van der Waals surface area contributed by atoms with Gasteiger partial charge in [-0.15, -0.1) is 13.2 Å². The number of allylic oxidation sites excluding steroid dienone is 1. The van der Waals surface area contributed by atoms with E-state index in [9.17, 15) is 4.79 Å². The second-order valence-corrected chi connectivity index (χ2v) is 7.42. The van der Waals surface area contributed by atoms with Gasteiger partial charge in [0.1, 0.15) is 5.52 Å². The Bertz CT molecular complexity index is 1110. The number of carbonyl (C=O) groups excluding carboxylic acids is 1. The Labute approximate surface area is 170 Å². The highest BCUT2D eigenvalue weighted by Crippen LogP contribution is 2.34. The molecule has 1 aliphatic rings. The van der Waals surface area contributed by atoms with Crippen molar-refractivity contribution in [2.24, 2.45) is 0 Å². The third-order valence-electron chi connectivity index (χ3n) is 5.36. The van der Waals surface area contributed by atoms with Crippen molar-refractivity contribution in [1.29, 1.82) is 0 Å². The standard InChI is InChI=1S/C23H25N5O/c1-5-8-15-13-24-23(29)17-12-19(26-20(15)17)16-9-7-10-18-21(16)27-22(14(3)25-18)28(4)11-6-2/h5-7,9-10,12,15,26H,1-2,8,11,13H2,3-4H3,(H,24,29)/t15-/m0/s1. The van der Waals surface area contributed by atoms with Gasteiger partial charge >= 0.3 is 0 Å². The molecule has 6 heteroatoms. The van der Waals surface area contributed by atoms with E-state index in [1.54, 1.807) is 0 Å². The zero-order valence-corrected chi connectivity index (χ0v) is 16.8. The molecule has 0 saturated carbocycles. The van der Waals surface area contributed by atoms with E-state index in [1.165, 1.54) is 0 Å². The van der Waals surface area contributed by atoms with Crippen LogP contribution in [-0.4, -0.2) is 41.0 Å². The molecule has 0 fully saturated rings. The number of anilines is 1. The van der Waals surface area contributed by atoms with Crippen molar-refractivity contribution < 1.29 is 4.79 Å². The molecule has 0 aliphatic carbocycles. The molecule has 4 rings (SSSR count). The third kappa shape index (κ3) is 3.31. The predicted molar refractivity (Wildman–Crippen MR) is 117 cm³/mol. The van der Waals surface area contributed by atoms with Crippen molar-refractivity contribution in [2.45, 2.75) is 19.3 Å². The Hall–Kier alpha value is -3.41. The molecule has 1 amide bonds. The number of aryl methyl sites for hydroxylation is 1. The second kappa shape index (κ2) is 7.54. The summed E-state index contributed by atoms with van der Waals surface area (Å²) in [6.07, 6.45) is 4.53. The number of hydrogen-bond acceptors (Lipinski definition) is 4. The molecule has 148 valence electrons. The summed E-state index contributed by atoms with van der Waals surface area (Å²) in [6.45, 7) is 10.9. The lowest BCUT2D eigenvalue weighted by molar-refractivity contribution is 0.0940. The fourth-order valence-corrected chi connectivity index (χ4v) is 3.96. The monoisotopic (exact) mass is 387 g/mol. The molecule has 1 aliphatic heterocycles. The summed E-state index contributed by atoms with van der Waals surface area (Å²) in [5.74, 6) is 0.978. The Morgan fingerprint density at radius 3 is 2.83 bits per heavy atom. The lowest BCUT2D eigenvalue weighted by Crippen LogP contribution is -2.34. The van der Waals surface area contributed by atoms with Crippen LogP contribution in [0, 0.1) is 6.92 Å². The minimum absolute atomic E-state index is 0.0450. The number of hydrogen-bond donors (Lipinski definition) is 2. The average molecular weight is 387 g/mol. The third-order valence-corrected chi connectivity index (χ3v) is 5.36. The van der Waals surface area contributed by atoms with E-state index in [4.69, 9.17) is 9.97 Å². The van der Waals surface area contributed by atoms with Crippen LogP contribution >= 0.6 is 0 Å². The molecule has 0 saturated heterocycles. The minimum Gasteiger partial charge on any atom is -0.357 e. The van der Waals surface area contributed by atoms with Crippen molar-refractivity contribution in [1.82, 2.24) is 20.3 Å². The highest BCUT2D eigenvalue weighted by molar-refractivity contribution is 6.00. The Morgan fingerprint density at radius 1 is 1.24 bits per heavy atom. The number of aromatic nitrogens is 3. The number of benzene rings is 1. The number of amides is 1. The van der Waals surface area contributed by atoms with Gasteiger partial charge in [-0.3, -0.25) is 4.79 Å². The van der Waals surface area contributed by atoms with Crippen LogP contribution in [0.3, 0.4) is 0 Å². The van der Waals surface area contributed by atoms with E-state index in [-0.39, 0.29) is 11.8 Å².